The van der Waals surface area contributed by atoms with Crippen LogP contribution >= 0.6 is 0 Å². The van der Waals surface area contributed by atoms with E-state index in [1.54, 1.807) is 12.1 Å². The van der Waals surface area contributed by atoms with Crippen molar-refractivity contribution in [2.24, 2.45) is 11.8 Å². The molecular formula is C29H39N3O8. The molecule has 1 fully saturated rings. The van der Waals surface area contributed by atoms with Crippen LogP contribution in [0.15, 0.2) is 24.3 Å². The van der Waals surface area contributed by atoms with Crippen molar-refractivity contribution in [2.45, 2.75) is 24.7 Å². The number of carbonyl (C=O) groups excluding carboxylic acids is 1. The molecule has 5 atom stereocenters. The molecule has 1 unspecified atom stereocenters. The summed E-state index contributed by atoms with van der Waals surface area (Å²) in [6.07, 6.45) is -0.715. The number of likely N-dealkylation sites (N-methyl/N-ethyl adjacent to an activating group) is 2. The largest absolute Gasteiger partial charge is 0.502 e. The molecule has 2 heterocycles. The van der Waals surface area contributed by atoms with Crippen molar-refractivity contribution >= 4 is 5.91 Å². The van der Waals surface area contributed by atoms with Crippen molar-refractivity contribution in [2.75, 3.05) is 68.4 Å². The van der Waals surface area contributed by atoms with Crippen LogP contribution in [-0.2, 0) is 9.53 Å². The van der Waals surface area contributed by atoms with Gasteiger partial charge in [-0.1, -0.05) is 0 Å². The number of nitrogens with zero attached hydrogens (tertiary/aromatic N) is 2. The van der Waals surface area contributed by atoms with Crippen LogP contribution in [0.3, 0.4) is 0 Å². The van der Waals surface area contributed by atoms with E-state index >= 15 is 0 Å². The van der Waals surface area contributed by atoms with Gasteiger partial charge >= 0.3 is 0 Å². The van der Waals surface area contributed by atoms with Crippen LogP contribution in [0.4, 0.5) is 0 Å². The van der Waals surface area contributed by atoms with E-state index in [2.05, 4.69) is 15.1 Å². The van der Waals surface area contributed by atoms with Gasteiger partial charge in [0.15, 0.2) is 29.3 Å². The Bertz CT molecular complexity index is 1210. The molecule has 0 saturated carbocycles. The highest BCUT2D eigenvalue weighted by atomic mass is 16.7. The van der Waals surface area contributed by atoms with Crippen LogP contribution in [0.5, 0.6) is 28.7 Å². The summed E-state index contributed by atoms with van der Waals surface area (Å²) in [5.74, 6) is 0.591. The molecule has 0 spiro atoms. The van der Waals surface area contributed by atoms with Crippen LogP contribution in [0.25, 0.3) is 0 Å². The standard InChI is InChI=1S/C29H39N3O8/c1-31(2)8-9-32(3)7-6-24(33)30-27-18-13-21-20(39-15-40-21)12-17(18)25(26-19(27)14-38-29(26)35)16-10-22(36-4)28(34)23(11-16)37-5/h10-13,19,25-27,29,34-35H,6-9,14-15H2,1-5H3,(H,30,33)/t19-,25+,26-,27+,29?/m0/s1. The van der Waals surface area contributed by atoms with Gasteiger partial charge < -0.3 is 49.0 Å². The number of hydrogen-bond donors (Lipinski definition) is 3. The third-order valence-electron chi connectivity index (χ3n) is 8.17. The van der Waals surface area contributed by atoms with Gasteiger partial charge in [0.2, 0.25) is 18.4 Å². The number of benzene rings is 2. The predicted molar refractivity (Wildman–Crippen MR) is 146 cm³/mol. The highest BCUT2D eigenvalue weighted by Gasteiger charge is 2.52. The maximum Gasteiger partial charge on any atom is 0.231 e. The van der Waals surface area contributed by atoms with E-state index in [1.165, 1.54) is 14.2 Å². The van der Waals surface area contributed by atoms with E-state index in [0.29, 0.717) is 24.5 Å². The SMILES string of the molecule is COc1cc([C@@H]2c3cc4c(cc3[C@@H](NC(=O)CCN(C)CCN(C)C)[C@H]3COC(O)[C@H]23)OCO4)cc(OC)c1O. The predicted octanol–water partition coefficient (Wildman–Crippen LogP) is 1.91. The van der Waals surface area contributed by atoms with Crippen LogP contribution in [0, 0.1) is 11.8 Å². The summed E-state index contributed by atoms with van der Waals surface area (Å²) in [5, 5.41) is 24.9. The Kier molecular flexibility index (Phi) is 8.27. The highest BCUT2D eigenvalue weighted by molar-refractivity contribution is 5.77. The maximum atomic E-state index is 13.3. The van der Waals surface area contributed by atoms with E-state index in [4.69, 9.17) is 23.7 Å². The number of amides is 1. The molecule has 3 N–H and O–H groups in total. The first-order valence-electron chi connectivity index (χ1n) is 13.5. The fourth-order valence-electron chi connectivity index (χ4n) is 6.02. The van der Waals surface area contributed by atoms with E-state index in [-0.39, 0.29) is 54.3 Å². The number of rotatable bonds is 10. The van der Waals surface area contributed by atoms with Crippen molar-refractivity contribution in [1.29, 1.82) is 0 Å². The Balaban J connectivity index is 1.51. The monoisotopic (exact) mass is 557 g/mol. The molecular weight excluding hydrogens is 518 g/mol. The summed E-state index contributed by atoms with van der Waals surface area (Å²) in [7, 11) is 9.02. The lowest BCUT2D eigenvalue weighted by molar-refractivity contribution is -0.122. The average molecular weight is 558 g/mol. The van der Waals surface area contributed by atoms with Crippen LogP contribution in [0.2, 0.25) is 0 Å². The van der Waals surface area contributed by atoms with E-state index in [9.17, 15) is 15.0 Å². The number of methoxy groups -OCH3 is 2. The van der Waals surface area contributed by atoms with E-state index < -0.39 is 12.3 Å². The molecule has 0 radical (unpaired) electrons. The third-order valence-corrected chi connectivity index (χ3v) is 8.17. The number of nitrogens with one attached hydrogen (secondary N) is 1. The topological polar surface area (TPSA) is 122 Å². The first kappa shape index (κ1) is 28.3. The summed E-state index contributed by atoms with van der Waals surface area (Å²) >= 11 is 0. The van der Waals surface area contributed by atoms with Crippen molar-refractivity contribution in [3.8, 4) is 28.7 Å². The number of phenols is 1. The molecule has 2 aromatic rings. The molecule has 11 nitrogen and oxygen atoms in total. The van der Waals surface area contributed by atoms with Gasteiger partial charge in [-0.2, -0.15) is 0 Å². The number of carbonyl (C=O) groups is 1. The van der Waals surface area contributed by atoms with Gasteiger partial charge in [-0.15, -0.1) is 0 Å². The molecule has 2 aromatic carbocycles. The fraction of sp³-hybridized carbons (Fsp3) is 0.552. The number of aromatic hydroxyl groups is 1. The Morgan fingerprint density at radius 1 is 1.00 bits per heavy atom. The average Bonchev–Trinajstić information content (AvgIpc) is 3.56. The molecule has 1 saturated heterocycles. The molecule has 0 aromatic heterocycles. The first-order chi connectivity index (χ1) is 19.2. The number of ether oxygens (including phenoxy) is 5. The van der Waals surface area contributed by atoms with Crippen molar-refractivity contribution < 1.29 is 38.7 Å². The lowest BCUT2D eigenvalue weighted by Crippen LogP contribution is -2.44. The molecule has 40 heavy (non-hydrogen) atoms. The fourth-order valence-corrected chi connectivity index (χ4v) is 6.02. The van der Waals surface area contributed by atoms with E-state index in [1.807, 2.05) is 33.3 Å². The van der Waals surface area contributed by atoms with Gasteiger partial charge in [0.1, 0.15) is 0 Å². The minimum Gasteiger partial charge on any atom is -0.502 e. The molecule has 218 valence electrons. The molecule has 5 rings (SSSR count). The van der Waals surface area contributed by atoms with Crippen molar-refractivity contribution in [3.05, 3.63) is 41.0 Å². The van der Waals surface area contributed by atoms with Gasteiger partial charge in [0.05, 0.1) is 26.9 Å². The molecule has 3 aliphatic rings. The number of fused-ring (bicyclic) bond motifs is 3. The quantitative estimate of drug-likeness (QED) is 0.399. The zero-order valence-corrected chi connectivity index (χ0v) is 23.7. The summed E-state index contributed by atoms with van der Waals surface area (Å²) in [5.41, 5.74) is 2.53. The Morgan fingerprint density at radius 3 is 2.27 bits per heavy atom. The number of aliphatic hydroxyl groups excluding tert-OH is 1. The molecule has 2 aliphatic heterocycles. The number of phenolic OH excluding ortho intramolecular Hbond substituents is 1. The van der Waals surface area contributed by atoms with Gasteiger partial charge in [-0.3, -0.25) is 4.79 Å². The molecule has 0 bridgehead atoms. The second-order valence-electron chi connectivity index (χ2n) is 11.0. The van der Waals surface area contributed by atoms with Crippen molar-refractivity contribution in [1.82, 2.24) is 15.1 Å². The first-order valence-corrected chi connectivity index (χ1v) is 13.5. The third kappa shape index (κ3) is 5.38. The normalized spacial score (nSPS) is 24.6. The smallest absolute Gasteiger partial charge is 0.231 e. The summed E-state index contributed by atoms with van der Waals surface area (Å²) in [6.45, 7) is 2.79. The second-order valence-corrected chi connectivity index (χ2v) is 11.0. The van der Waals surface area contributed by atoms with Gasteiger partial charge in [0, 0.05) is 43.8 Å². The highest BCUT2D eigenvalue weighted by Crippen LogP contribution is 2.56. The summed E-state index contributed by atoms with van der Waals surface area (Å²) in [6, 6.07) is 6.95. The second kappa shape index (κ2) is 11.7. The Hall–Kier alpha value is -3.25. The Labute approximate surface area is 234 Å². The van der Waals surface area contributed by atoms with Gasteiger partial charge in [-0.05, 0) is 62.1 Å². The van der Waals surface area contributed by atoms with Crippen LogP contribution < -0.4 is 24.3 Å². The minimum absolute atomic E-state index is 0.0723. The lowest BCUT2D eigenvalue weighted by atomic mass is 9.65. The molecule has 11 heteroatoms. The summed E-state index contributed by atoms with van der Waals surface area (Å²) < 4.78 is 28.1. The van der Waals surface area contributed by atoms with Gasteiger partial charge in [0.25, 0.3) is 0 Å². The number of hydrogen-bond acceptors (Lipinski definition) is 10. The van der Waals surface area contributed by atoms with Crippen LogP contribution in [0.1, 0.15) is 35.1 Å². The summed E-state index contributed by atoms with van der Waals surface area (Å²) in [4.78, 5) is 17.5. The van der Waals surface area contributed by atoms with Crippen LogP contribution in [-0.4, -0.2) is 101 Å². The lowest BCUT2D eigenvalue weighted by Gasteiger charge is -2.41. The van der Waals surface area contributed by atoms with Gasteiger partial charge in [-0.25, -0.2) is 0 Å². The molecule has 1 amide bonds. The van der Waals surface area contributed by atoms with Crippen molar-refractivity contribution in [3.63, 3.8) is 0 Å². The minimum atomic E-state index is -1.06. The maximum absolute atomic E-state index is 13.3. The van der Waals surface area contributed by atoms with E-state index in [0.717, 1.165) is 29.8 Å². The Morgan fingerprint density at radius 2 is 1.65 bits per heavy atom. The zero-order chi connectivity index (χ0) is 28.6. The number of aliphatic hydroxyl groups is 1. The molecule has 1 aliphatic carbocycles. The zero-order valence-electron chi connectivity index (χ0n) is 23.7.